The second-order valence-electron chi connectivity index (χ2n) is 8.44. The highest BCUT2D eigenvalue weighted by Crippen LogP contribution is 2.46. The number of carbonyl (C=O) groups excluding carboxylic acids is 1. The van der Waals surface area contributed by atoms with Gasteiger partial charge in [-0.3, -0.25) is 9.89 Å². The van der Waals surface area contributed by atoms with E-state index in [4.69, 9.17) is 19.8 Å². The lowest BCUT2D eigenvalue weighted by molar-refractivity contribution is -0.123. The van der Waals surface area contributed by atoms with Crippen molar-refractivity contribution in [2.45, 2.75) is 51.0 Å². The van der Waals surface area contributed by atoms with E-state index in [1.165, 1.54) is 11.5 Å². The van der Waals surface area contributed by atoms with Gasteiger partial charge in [-0.05, 0) is 55.9 Å². The van der Waals surface area contributed by atoms with E-state index in [1.807, 2.05) is 13.0 Å². The standard InChI is InChI=1S/C21H26N6O2S/c1-12-9-15(25-24-12)17-18-19(30-26-17)14(21(20(22)28)5-3-4-6-21)10-16(23-18)27-7-8-29-11-13(27)2/h9-10,13H,3-8,11H2,1-2H3,(H2,22,28)(H,24,25). The number of aromatic nitrogens is 4. The molecule has 2 aliphatic rings. The van der Waals surface area contributed by atoms with Crippen LogP contribution in [0.15, 0.2) is 12.1 Å². The first kappa shape index (κ1) is 19.4. The van der Waals surface area contributed by atoms with Gasteiger partial charge in [0.25, 0.3) is 0 Å². The van der Waals surface area contributed by atoms with E-state index in [2.05, 4.69) is 28.1 Å². The van der Waals surface area contributed by atoms with Gasteiger partial charge < -0.3 is 15.4 Å². The van der Waals surface area contributed by atoms with Crippen LogP contribution in [0.4, 0.5) is 5.82 Å². The van der Waals surface area contributed by atoms with Crippen molar-refractivity contribution in [2.24, 2.45) is 5.73 Å². The molecule has 30 heavy (non-hydrogen) atoms. The molecule has 2 fully saturated rings. The van der Waals surface area contributed by atoms with E-state index in [0.29, 0.717) is 13.2 Å². The number of pyridine rings is 1. The molecule has 1 atom stereocenters. The number of carbonyl (C=O) groups is 1. The maximum absolute atomic E-state index is 12.7. The zero-order valence-electron chi connectivity index (χ0n) is 17.3. The van der Waals surface area contributed by atoms with Crippen LogP contribution in [0.3, 0.4) is 0 Å². The van der Waals surface area contributed by atoms with Crippen LogP contribution in [0.5, 0.6) is 0 Å². The highest BCUT2D eigenvalue weighted by molar-refractivity contribution is 7.13. The van der Waals surface area contributed by atoms with Gasteiger partial charge in [0.15, 0.2) is 0 Å². The summed E-state index contributed by atoms with van der Waals surface area (Å²) in [6, 6.07) is 4.25. The number of amides is 1. The number of nitrogens with zero attached hydrogens (tertiary/aromatic N) is 4. The van der Waals surface area contributed by atoms with E-state index >= 15 is 0 Å². The Balaban J connectivity index is 1.76. The minimum atomic E-state index is -0.656. The van der Waals surface area contributed by atoms with Gasteiger partial charge in [0, 0.05) is 12.2 Å². The van der Waals surface area contributed by atoms with Crippen molar-refractivity contribution in [1.82, 2.24) is 19.6 Å². The third-order valence-electron chi connectivity index (χ3n) is 6.47. The molecule has 1 saturated carbocycles. The van der Waals surface area contributed by atoms with Crippen LogP contribution >= 0.6 is 11.5 Å². The molecule has 1 saturated heterocycles. The third-order valence-corrected chi connectivity index (χ3v) is 7.34. The summed E-state index contributed by atoms with van der Waals surface area (Å²) in [5.41, 5.74) is 9.61. The van der Waals surface area contributed by atoms with E-state index < -0.39 is 5.41 Å². The monoisotopic (exact) mass is 426 g/mol. The molecule has 8 nitrogen and oxygen atoms in total. The number of ether oxygens (including phenoxy) is 1. The molecular weight excluding hydrogens is 400 g/mol. The molecule has 0 spiro atoms. The molecule has 1 unspecified atom stereocenters. The number of hydrogen-bond acceptors (Lipinski definition) is 7. The van der Waals surface area contributed by atoms with Gasteiger partial charge in [0.1, 0.15) is 22.7 Å². The largest absolute Gasteiger partial charge is 0.377 e. The second kappa shape index (κ2) is 7.31. The minimum absolute atomic E-state index is 0.201. The fourth-order valence-electron chi connectivity index (χ4n) is 4.81. The van der Waals surface area contributed by atoms with Gasteiger partial charge in [0.2, 0.25) is 5.91 Å². The molecule has 1 aliphatic carbocycles. The Hall–Kier alpha value is -2.52. The molecule has 5 rings (SSSR count). The maximum atomic E-state index is 12.7. The van der Waals surface area contributed by atoms with Crippen LogP contribution in [0.2, 0.25) is 0 Å². The van der Waals surface area contributed by atoms with Crippen LogP contribution in [0, 0.1) is 6.92 Å². The predicted molar refractivity (Wildman–Crippen MR) is 117 cm³/mol. The highest BCUT2D eigenvalue weighted by atomic mass is 32.1. The topological polar surface area (TPSA) is 110 Å². The summed E-state index contributed by atoms with van der Waals surface area (Å²) in [7, 11) is 0. The third kappa shape index (κ3) is 2.99. The molecule has 158 valence electrons. The Morgan fingerprint density at radius 1 is 1.37 bits per heavy atom. The predicted octanol–water partition coefficient (Wildman–Crippen LogP) is 2.91. The van der Waals surface area contributed by atoms with Crippen LogP contribution < -0.4 is 10.6 Å². The fraction of sp³-hybridized carbons (Fsp3) is 0.524. The van der Waals surface area contributed by atoms with Crippen molar-refractivity contribution in [3.63, 3.8) is 0 Å². The zero-order valence-corrected chi connectivity index (χ0v) is 18.1. The van der Waals surface area contributed by atoms with E-state index in [9.17, 15) is 4.79 Å². The SMILES string of the molecule is Cc1cc(-c2nsc3c(C4(C(N)=O)CCCC4)cc(N4CCOCC4C)nc23)n[nH]1. The Labute approximate surface area is 179 Å². The van der Waals surface area contributed by atoms with Crippen molar-refractivity contribution in [3.05, 3.63) is 23.4 Å². The number of nitrogens with one attached hydrogen (secondary N) is 1. The first-order valence-corrected chi connectivity index (χ1v) is 11.2. The van der Waals surface area contributed by atoms with Crippen molar-refractivity contribution in [3.8, 4) is 11.4 Å². The molecule has 0 bridgehead atoms. The summed E-state index contributed by atoms with van der Waals surface area (Å²) in [6.45, 7) is 6.17. The number of aromatic amines is 1. The Bertz CT molecular complexity index is 1100. The molecular formula is C21H26N6O2S. The van der Waals surface area contributed by atoms with Crippen molar-refractivity contribution >= 4 is 33.5 Å². The minimum Gasteiger partial charge on any atom is -0.377 e. The number of nitrogens with two attached hydrogens (primary N) is 1. The summed E-state index contributed by atoms with van der Waals surface area (Å²) >= 11 is 1.39. The van der Waals surface area contributed by atoms with Crippen LogP contribution in [0.25, 0.3) is 21.6 Å². The Morgan fingerprint density at radius 3 is 2.83 bits per heavy atom. The molecule has 1 aliphatic heterocycles. The van der Waals surface area contributed by atoms with E-state index in [1.54, 1.807) is 0 Å². The number of anilines is 1. The van der Waals surface area contributed by atoms with E-state index in [-0.39, 0.29) is 11.9 Å². The number of aryl methyl sites for hydroxylation is 1. The van der Waals surface area contributed by atoms with Crippen LogP contribution in [-0.4, -0.2) is 51.3 Å². The lowest BCUT2D eigenvalue weighted by Crippen LogP contribution is -2.44. The number of primary amides is 1. The van der Waals surface area contributed by atoms with Crippen LogP contribution in [-0.2, 0) is 14.9 Å². The molecule has 3 N–H and O–H groups in total. The Morgan fingerprint density at radius 2 is 2.17 bits per heavy atom. The first-order valence-electron chi connectivity index (χ1n) is 10.5. The quantitative estimate of drug-likeness (QED) is 0.664. The smallest absolute Gasteiger partial charge is 0.228 e. The normalized spacial score (nSPS) is 21.4. The molecule has 3 aromatic heterocycles. The van der Waals surface area contributed by atoms with Crippen molar-refractivity contribution < 1.29 is 9.53 Å². The average molecular weight is 427 g/mol. The van der Waals surface area contributed by atoms with Gasteiger partial charge in [-0.1, -0.05) is 12.8 Å². The van der Waals surface area contributed by atoms with Crippen molar-refractivity contribution in [2.75, 3.05) is 24.7 Å². The average Bonchev–Trinajstić information content (AvgIpc) is 3.47. The molecule has 4 heterocycles. The summed E-state index contributed by atoms with van der Waals surface area (Å²) in [6.07, 6.45) is 3.54. The highest BCUT2D eigenvalue weighted by Gasteiger charge is 2.44. The van der Waals surface area contributed by atoms with Gasteiger partial charge in [-0.25, -0.2) is 4.98 Å². The number of morpholine rings is 1. The van der Waals surface area contributed by atoms with Crippen LogP contribution in [0.1, 0.15) is 43.9 Å². The number of hydrogen-bond donors (Lipinski definition) is 2. The molecule has 0 radical (unpaired) electrons. The Kier molecular flexibility index (Phi) is 4.74. The number of H-pyrrole nitrogens is 1. The molecule has 0 aromatic carbocycles. The van der Waals surface area contributed by atoms with Crippen molar-refractivity contribution in [1.29, 1.82) is 0 Å². The van der Waals surface area contributed by atoms with Gasteiger partial charge in [-0.2, -0.15) is 9.47 Å². The molecule has 1 amide bonds. The summed E-state index contributed by atoms with van der Waals surface area (Å²) in [5, 5.41) is 7.39. The lowest BCUT2D eigenvalue weighted by Gasteiger charge is -2.35. The molecule has 3 aromatic rings. The van der Waals surface area contributed by atoms with E-state index in [0.717, 1.165) is 70.9 Å². The molecule has 9 heteroatoms. The number of rotatable bonds is 4. The summed E-state index contributed by atoms with van der Waals surface area (Å²) in [4.78, 5) is 20.0. The second-order valence-corrected chi connectivity index (χ2v) is 9.22. The zero-order chi connectivity index (χ0) is 20.9. The fourth-order valence-corrected chi connectivity index (χ4v) is 5.76. The van der Waals surface area contributed by atoms with Gasteiger partial charge >= 0.3 is 0 Å². The maximum Gasteiger partial charge on any atom is 0.228 e. The number of fused-ring (bicyclic) bond motifs is 1. The summed E-state index contributed by atoms with van der Waals surface area (Å²) < 4.78 is 11.3. The lowest BCUT2D eigenvalue weighted by atomic mass is 9.78. The van der Waals surface area contributed by atoms with Gasteiger partial charge in [-0.15, -0.1) is 0 Å². The summed E-state index contributed by atoms with van der Waals surface area (Å²) in [5.74, 6) is 0.605. The first-order chi connectivity index (χ1) is 14.5. The van der Waals surface area contributed by atoms with Gasteiger partial charge in [0.05, 0.1) is 29.4 Å².